The Balaban J connectivity index is 1.10. The smallest absolute Gasteiger partial charge is 0.225 e. The number of ketones is 1. The van der Waals surface area contributed by atoms with E-state index in [1.165, 1.54) is 44.1 Å². The van der Waals surface area contributed by atoms with Crippen molar-refractivity contribution in [3.8, 4) is 0 Å². The molecule has 2 bridgehead atoms. The van der Waals surface area contributed by atoms with Crippen molar-refractivity contribution in [3.63, 3.8) is 0 Å². The molecule has 3 saturated heterocycles. The van der Waals surface area contributed by atoms with E-state index in [1.807, 2.05) is 13.8 Å². The number of Topliss-reactive ketones (excluding diaryl/α,β-unsaturated/α-hetero) is 1. The van der Waals surface area contributed by atoms with Gasteiger partial charge in [0.05, 0.1) is 6.54 Å². The molecule has 0 aromatic carbocycles. The standard InChI is InChI=1S/C28H46N6O/c1-20(2)27(35)19-31-11-13-32(14-12-31)24-7-5-22(6-8-24)23-15-29-28(30-16-23)34-25-9-10-26(34)18-33(17-25)21(3)4/h15-16,20-22,24-26H,5-14,17-19H2,1-4H3. The van der Waals surface area contributed by atoms with Gasteiger partial charge < -0.3 is 4.90 Å². The molecule has 0 radical (unpaired) electrons. The Kier molecular flexibility index (Phi) is 7.75. The number of piperazine rings is 2. The number of rotatable bonds is 7. The lowest BCUT2D eigenvalue weighted by molar-refractivity contribution is -0.123. The molecule has 1 aliphatic carbocycles. The fourth-order valence-corrected chi connectivity index (χ4v) is 6.82. The Morgan fingerprint density at radius 1 is 0.857 bits per heavy atom. The molecule has 1 saturated carbocycles. The quantitative estimate of drug-likeness (QED) is 0.590. The molecule has 4 fully saturated rings. The molecule has 1 aromatic rings. The molecule has 3 aliphatic heterocycles. The SMILES string of the molecule is CC(C)C(=O)CN1CCN(C2CCC(c3cnc(N4C5CCC4CN(C(C)C)C5)nc3)CC2)CC1. The molecule has 7 nitrogen and oxygen atoms in total. The number of carbonyl (C=O) groups excluding carboxylic acids is 1. The van der Waals surface area contributed by atoms with Crippen molar-refractivity contribution >= 4 is 11.7 Å². The molecular weight excluding hydrogens is 436 g/mol. The summed E-state index contributed by atoms with van der Waals surface area (Å²) >= 11 is 0. The van der Waals surface area contributed by atoms with Gasteiger partial charge >= 0.3 is 0 Å². The molecule has 35 heavy (non-hydrogen) atoms. The second kappa shape index (κ2) is 10.8. The Bertz CT molecular complexity index is 828. The van der Waals surface area contributed by atoms with Crippen LogP contribution in [0.4, 0.5) is 5.95 Å². The first-order chi connectivity index (χ1) is 16.9. The van der Waals surface area contributed by atoms with Gasteiger partial charge in [-0.1, -0.05) is 13.8 Å². The van der Waals surface area contributed by atoms with Crippen LogP contribution in [-0.4, -0.2) is 100 Å². The third-order valence-electron chi connectivity index (χ3n) is 9.24. The van der Waals surface area contributed by atoms with Crippen LogP contribution in [0, 0.1) is 5.92 Å². The summed E-state index contributed by atoms with van der Waals surface area (Å²) in [5, 5.41) is 0. The molecule has 4 heterocycles. The molecule has 194 valence electrons. The third-order valence-corrected chi connectivity index (χ3v) is 9.24. The highest BCUT2D eigenvalue weighted by Gasteiger charge is 2.41. The highest BCUT2D eigenvalue weighted by molar-refractivity contribution is 5.82. The van der Waals surface area contributed by atoms with Crippen LogP contribution < -0.4 is 4.90 Å². The zero-order valence-electron chi connectivity index (χ0n) is 22.4. The first kappa shape index (κ1) is 25.1. The van der Waals surface area contributed by atoms with Crippen LogP contribution in [-0.2, 0) is 4.79 Å². The Morgan fingerprint density at radius 3 is 1.97 bits per heavy atom. The molecular formula is C28H46N6O. The van der Waals surface area contributed by atoms with Crippen LogP contribution in [0.15, 0.2) is 12.4 Å². The van der Waals surface area contributed by atoms with Crippen LogP contribution in [0.2, 0.25) is 0 Å². The van der Waals surface area contributed by atoms with E-state index >= 15 is 0 Å². The van der Waals surface area contributed by atoms with E-state index < -0.39 is 0 Å². The van der Waals surface area contributed by atoms with Gasteiger partial charge in [-0.3, -0.25) is 19.5 Å². The summed E-state index contributed by atoms with van der Waals surface area (Å²) in [6, 6.07) is 2.46. The van der Waals surface area contributed by atoms with Crippen LogP contribution in [0.3, 0.4) is 0 Å². The van der Waals surface area contributed by atoms with Crippen molar-refractivity contribution < 1.29 is 4.79 Å². The average Bonchev–Trinajstić information content (AvgIpc) is 3.13. The van der Waals surface area contributed by atoms with Crippen LogP contribution in [0.25, 0.3) is 0 Å². The second-order valence-electron chi connectivity index (χ2n) is 12.1. The van der Waals surface area contributed by atoms with Crippen LogP contribution in [0.5, 0.6) is 0 Å². The molecule has 7 heteroatoms. The molecule has 0 amide bonds. The molecule has 2 unspecified atom stereocenters. The topological polar surface area (TPSA) is 55.8 Å². The highest BCUT2D eigenvalue weighted by Crippen LogP contribution is 2.37. The summed E-state index contributed by atoms with van der Waals surface area (Å²) in [4.78, 5) is 32.0. The zero-order valence-corrected chi connectivity index (χ0v) is 22.4. The first-order valence-corrected chi connectivity index (χ1v) is 14.2. The van der Waals surface area contributed by atoms with Crippen molar-refractivity contribution in [1.82, 2.24) is 24.7 Å². The summed E-state index contributed by atoms with van der Waals surface area (Å²) in [6.07, 6.45) is 11.8. The van der Waals surface area contributed by atoms with E-state index in [0.717, 1.165) is 45.2 Å². The number of carbonyl (C=O) groups is 1. The minimum Gasteiger partial charge on any atom is -0.332 e. The molecule has 5 rings (SSSR count). The number of nitrogens with zero attached hydrogens (tertiary/aromatic N) is 6. The van der Waals surface area contributed by atoms with Crippen LogP contribution in [0.1, 0.15) is 77.7 Å². The van der Waals surface area contributed by atoms with Gasteiger partial charge in [-0.2, -0.15) is 0 Å². The average molecular weight is 483 g/mol. The summed E-state index contributed by atoms with van der Waals surface area (Å²) in [5.74, 6) is 2.07. The molecule has 4 aliphatic rings. The first-order valence-electron chi connectivity index (χ1n) is 14.2. The number of hydrogen-bond donors (Lipinski definition) is 0. The number of anilines is 1. The lowest BCUT2D eigenvalue weighted by Crippen LogP contribution is -2.56. The van der Waals surface area contributed by atoms with Gasteiger partial charge in [-0.05, 0) is 63.9 Å². The summed E-state index contributed by atoms with van der Waals surface area (Å²) in [7, 11) is 0. The Labute approximate surface area is 212 Å². The second-order valence-corrected chi connectivity index (χ2v) is 12.1. The molecule has 0 N–H and O–H groups in total. The van der Waals surface area contributed by atoms with Crippen molar-refractivity contribution in [3.05, 3.63) is 18.0 Å². The highest BCUT2D eigenvalue weighted by atomic mass is 16.1. The molecule has 0 spiro atoms. The van der Waals surface area contributed by atoms with Crippen molar-refractivity contribution in [2.45, 2.75) is 96.3 Å². The predicted octanol–water partition coefficient (Wildman–Crippen LogP) is 3.41. The lowest BCUT2D eigenvalue weighted by Gasteiger charge is -2.43. The number of hydrogen-bond acceptors (Lipinski definition) is 7. The zero-order chi connectivity index (χ0) is 24.5. The van der Waals surface area contributed by atoms with Crippen molar-refractivity contribution in [2.24, 2.45) is 5.92 Å². The van der Waals surface area contributed by atoms with Gasteiger partial charge in [0.15, 0.2) is 0 Å². The van der Waals surface area contributed by atoms with E-state index in [0.29, 0.717) is 42.4 Å². The third kappa shape index (κ3) is 5.57. The van der Waals surface area contributed by atoms with Gasteiger partial charge in [-0.15, -0.1) is 0 Å². The molecule has 1 aromatic heterocycles. The summed E-state index contributed by atoms with van der Waals surface area (Å²) in [5.41, 5.74) is 1.33. The van der Waals surface area contributed by atoms with E-state index in [2.05, 4.69) is 45.8 Å². The van der Waals surface area contributed by atoms with Gasteiger partial charge in [0.2, 0.25) is 5.95 Å². The van der Waals surface area contributed by atoms with E-state index in [-0.39, 0.29) is 5.92 Å². The largest absolute Gasteiger partial charge is 0.332 e. The maximum atomic E-state index is 12.1. The predicted molar refractivity (Wildman–Crippen MR) is 141 cm³/mol. The van der Waals surface area contributed by atoms with E-state index in [9.17, 15) is 4.79 Å². The fraction of sp³-hybridized carbons (Fsp3) is 0.821. The normalized spacial score (nSPS) is 31.0. The number of fused-ring (bicyclic) bond motifs is 2. The lowest BCUT2D eigenvalue weighted by atomic mass is 9.82. The summed E-state index contributed by atoms with van der Waals surface area (Å²) < 4.78 is 0. The minimum atomic E-state index is 0.145. The summed E-state index contributed by atoms with van der Waals surface area (Å²) in [6.45, 7) is 15.8. The van der Waals surface area contributed by atoms with Gasteiger partial charge in [0.1, 0.15) is 5.78 Å². The van der Waals surface area contributed by atoms with Crippen LogP contribution >= 0.6 is 0 Å². The van der Waals surface area contributed by atoms with Gasteiger partial charge in [0.25, 0.3) is 0 Å². The maximum Gasteiger partial charge on any atom is 0.225 e. The Hall–Kier alpha value is -1.57. The van der Waals surface area contributed by atoms with Crippen molar-refractivity contribution in [2.75, 3.05) is 50.7 Å². The number of aromatic nitrogens is 2. The van der Waals surface area contributed by atoms with E-state index in [4.69, 9.17) is 9.97 Å². The van der Waals surface area contributed by atoms with Gasteiger partial charge in [0, 0.05) is 81.7 Å². The Morgan fingerprint density at radius 2 is 1.43 bits per heavy atom. The fourth-order valence-electron chi connectivity index (χ4n) is 6.82. The monoisotopic (exact) mass is 482 g/mol. The minimum absolute atomic E-state index is 0.145. The van der Waals surface area contributed by atoms with Gasteiger partial charge in [-0.25, -0.2) is 9.97 Å². The molecule has 2 atom stereocenters. The van der Waals surface area contributed by atoms with E-state index in [1.54, 1.807) is 0 Å². The number of likely N-dealkylation sites (tertiary alicyclic amines) is 1. The maximum absolute atomic E-state index is 12.1. The van der Waals surface area contributed by atoms with Crippen molar-refractivity contribution in [1.29, 1.82) is 0 Å².